The zero-order valence-corrected chi connectivity index (χ0v) is 14.3. The highest BCUT2D eigenvalue weighted by Crippen LogP contribution is 2.26. The molecule has 2 aliphatic rings. The van der Waals surface area contributed by atoms with Crippen molar-refractivity contribution < 1.29 is 4.42 Å². The molecule has 3 rings (SSSR count). The molecule has 128 valence electrons. The third-order valence-electron chi connectivity index (χ3n) is 4.92. The molecule has 1 aliphatic heterocycles. The van der Waals surface area contributed by atoms with Crippen molar-refractivity contribution in [3.63, 3.8) is 0 Å². The number of nitrogens with one attached hydrogen (secondary N) is 2. The van der Waals surface area contributed by atoms with Crippen LogP contribution >= 0.6 is 0 Å². The molecule has 1 aromatic rings. The first-order valence-corrected chi connectivity index (χ1v) is 9.19. The predicted molar refractivity (Wildman–Crippen MR) is 93.6 cm³/mol. The summed E-state index contributed by atoms with van der Waals surface area (Å²) in [5, 5.41) is 6.99. The Morgan fingerprint density at radius 2 is 2.09 bits per heavy atom. The summed E-state index contributed by atoms with van der Waals surface area (Å²) < 4.78 is 5.68. The summed E-state index contributed by atoms with van der Waals surface area (Å²) in [6.45, 7) is 6.06. The second kappa shape index (κ2) is 8.39. The molecule has 0 amide bonds. The number of likely N-dealkylation sites (tertiary alicyclic amines) is 1. The lowest BCUT2D eigenvalue weighted by molar-refractivity contribution is 0.221. The fraction of sp³-hybridized carbons (Fsp3) is 0.722. The molecule has 1 saturated carbocycles. The first-order valence-electron chi connectivity index (χ1n) is 9.19. The van der Waals surface area contributed by atoms with E-state index in [1.165, 1.54) is 38.5 Å². The molecule has 2 fully saturated rings. The summed E-state index contributed by atoms with van der Waals surface area (Å²) in [6.07, 6.45) is 9.52. The van der Waals surface area contributed by atoms with E-state index in [1.807, 2.05) is 6.07 Å². The van der Waals surface area contributed by atoms with Crippen LogP contribution in [0.4, 0.5) is 0 Å². The van der Waals surface area contributed by atoms with Gasteiger partial charge in [0.1, 0.15) is 5.76 Å². The first kappa shape index (κ1) is 16.4. The van der Waals surface area contributed by atoms with Gasteiger partial charge in [-0.1, -0.05) is 12.8 Å². The molecule has 1 saturated heterocycles. The number of guanidine groups is 1. The van der Waals surface area contributed by atoms with Crippen LogP contribution in [0.25, 0.3) is 0 Å². The van der Waals surface area contributed by atoms with E-state index in [0.717, 1.165) is 37.9 Å². The fourth-order valence-corrected chi connectivity index (χ4v) is 3.68. The van der Waals surface area contributed by atoms with Gasteiger partial charge in [0, 0.05) is 12.6 Å². The highest BCUT2D eigenvalue weighted by molar-refractivity contribution is 5.80. The Hall–Kier alpha value is -1.49. The van der Waals surface area contributed by atoms with Crippen LogP contribution in [0.15, 0.2) is 27.8 Å². The van der Waals surface area contributed by atoms with Crippen molar-refractivity contribution in [2.75, 3.05) is 26.2 Å². The minimum atomic E-state index is 0.256. The second-order valence-electron chi connectivity index (χ2n) is 6.62. The Bertz CT molecular complexity index is 473. The molecule has 5 heteroatoms. The van der Waals surface area contributed by atoms with Crippen molar-refractivity contribution in [3.05, 3.63) is 24.2 Å². The number of nitrogens with zero attached hydrogens (tertiary/aromatic N) is 2. The molecular weight excluding hydrogens is 288 g/mol. The summed E-state index contributed by atoms with van der Waals surface area (Å²) in [5.41, 5.74) is 0. The molecule has 0 spiro atoms. The lowest BCUT2D eigenvalue weighted by Gasteiger charge is -2.25. The Morgan fingerprint density at radius 3 is 2.74 bits per heavy atom. The van der Waals surface area contributed by atoms with Gasteiger partial charge in [-0.25, -0.2) is 0 Å². The van der Waals surface area contributed by atoms with Crippen molar-refractivity contribution in [2.24, 2.45) is 4.99 Å². The summed E-state index contributed by atoms with van der Waals surface area (Å²) in [7, 11) is 0. The SMILES string of the molecule is CCNC(=NCC(c1ccco1)N1CCCC1)NC1CCCC1. The number of hydrogen-bond donors (Lipinski definition) is 2. The van der Waals surface area contributed by atoms with E-state index < -0.39 is 0 Å². The van der Waals surface area contributed by atoms with Crippen molar-refractivity contribution >= 4 is 5.96 Å². The first-order chi connectivity index (χ1) is 11.4. The van der Waals surface area contributed by atoms with E-state index in [4.69, 9.17) is 9.41 Å². The molecule has 0 bridgehead atoms. The van der Waals surface area contributed by atoms with Crippen molar-refractivity contribution in [2.45, 2.75) is 57.5 Å². The van der Waals surface area contributed by atoms with Crippen LogP contribution in [0.1, 0.15) is 57.3 Å². The fourth-order valence-electron chi connectivity index (χ4n) is 3.68. The largest absolute Gasteiger partial charge is 0.468 e. The Kier molecular flexibility index (Phi) is 5.97. The van der Waals surface area contributed by atoms with Gasteiger partial charge in [-0.3, -0.25) is 9.89 Å². The zero-order valence-electron chi connectivity index (χ0n) is 14.3. The summed E-state index contributed by atoms with van der Waals surface area (Å²) >= 11 is 0. The topological polar surface area (TPSA) is 52.8 Å². The lowest BCUT2D eigenvalue weighted by atomic mass is 10.2. The maximum absolute atomic E-state index is 5.68. The molecule has 5 nitrogen and oxygen atoms in total. The van der Waals surface area contributed by atoms with E-state index in [-0.39, 0.29) is 6.04 Å². The highest BCUT2D eigenvalue weighted by atomic mass is 16.3. The molecule has 23 heavy (non-hydrogen) atoms. The Morgan fingerprint density at radius 1 is 1.30 bits per heavy atom. The molecule has 0 aromatic carbocycles. The second-order valence-corrected chi connectivity index (χ2v) is 6.62. The molecule has 1 atom stereocenters. The Labute approximate surface area is 139 Å². The summed E-state index contributed by atoms with van der Waals surface area (Å²) in [4.78, 5) is 7.37. The smallest absolute Gasteiger partial charge is 0.191 e. The van der Waals surface area contributed by atoms with Gasteiger partial charge in [-0.15, -0.1) is 0 Å². The van der Waals surface area contributed by atoms with Crippen LogP contribution in [-0.2, 0) is 0 Å². The normalized spacial score (nSPS) is 21.7. The van der Waals surface area contributed by atoms with Crippen molar-refractivity contribution in [3.8, 4) is 0 Å². The van der Waals surface area contributed by atoms with Gasteiger partial charge in [0.2, 0.25) is 0 Å². The van der Waals surface area contributed by atoms with E-state index in [0.29, 0.717) is 6.04 Å². The van der Waals surface area contributed by atoms with Gasteiger partial charge in [-0.05, 0) is 57.8 Å². The number of rotatable bonds is 6. The van der Waals surface area contributed by atoms with Crippen LogP contribution < -0.4 is 10.6 Å². The minimum Gasteiger partial charge on any atom is -0.468 e. The maximum Gasteiger partial charge on any atom is 0.191 e. The molecule has 2 heterocycles. The summed E-state index contributed by atoms with van der Waals surface area (Å²) in [5.74, 6) is 1.99. The third-order valence-corrected chi connectivity index (χ3v) is 4.92. The summed E-state index contributed by atoms with van der Waals surface area (Å²) in [6, 6.07) is 4.90. The molecule has 2 N–H and O–H groups in total. The molecule has 1 unspecified atom stereocenters. The van der Waals surface area contributed by atoms with Gasteiger partial charge in [0.25, 0.3) is 0 Å². The van der Waals surface area contributed by atoms with E-state index in [2.05, 4.69) is 28.5 Å². The van der Waals surface area contributed by atoms with Crippen LogP contribution in [-0.4, -0.2) is 43.1 Å². The average molecular weight is 318 g/mol. The van der Waals surface area contributed by atoms with Crippen LogP contribution in [0, 0.1) is 0 Å². The van der Waals surface area contributed by atoms with Crippen molar-refractivity contribution in [1.82, 2.24) is 15.5 Å². The van der Waals surface area contributed by atoms with E-state index in [1.54, 1.807) is 6.26 Å². The molecule has 1 aliphatic carbocycles. The van der Waals surface area contributed by atoms with Gasteiger partial charge in [0.05, 0.1) is 18.8 Å². The van der Waals surface area contributed by atoms with Gasteiger partial charge in [-0.2, -0.15) is 0 Å². The van der Waals surface area contributed by atoms with E-state index >= 15 is 0 Å². The zero-order chi connectivity index (χ0) is 15.9. The van der Waals surface area contributed by atoms with E-state index in [9.17, 15) is 0 Å². The number of hydrogen-bond acceptors (Lipinski definition) is 3. The monoisotopic (exact) mass is 318 g/mol. The predicted octanol–water partition coefficient (Wildman–Crippen LogP) is 2.91. The van der Waals surface area contributed by atoms with Crippen LogP contribution in [0.2, 0.25) is 0 Å². The van der Waals surface area contributed by atoms with Gasteiger partial charge < -0.3 is 15.1 Å². The van der Waals surface area contributed by atoms with Gasteiger partial charge in [0.15, 0.2) is 5.96 Å². The third kappa shape index (κ3) is 4.50. The average Bonchev–Trinajstić information content (AvgIpc) is 3.32. The minimum absolute atomic E-state index is 0.256. The molecule has 1 aromatic heterocycles. The van der Waals surface area contributed by atoms with Crippen molar-refractivity contribution in [1.29, 1.82) is 0 Å². The number of aliphatic imine (C=N–C) groups is 1. The number of furan rings is 1. The lowest BCUT2D eigenvalue weighted by Crippen LogP contribution is -2.43. The van der Waals surface area contributed by atoms with Gasteiger partial charge >= 0.3 is 0 Å². The Balaban J connectivity index is 1.66. The standard InChI is InChI=1S/C18H30N4O/c1-2-19-18(21-15-8-3-4-9-15)20-14-16(17-10-7-13-23-17)22-11-5-6-12-22/h7,10,13,15-16H,2-6,8-9,11-12,14H2,1H3,(H2,19,20,21). The maximum atomic E-state index is 5.68. The highest BCUT2D eigenvalue weighted by Gasteiger charge is 2.25. The molecular formula is C18H30N4O. The quantitative estimate of drug-likeness (QED) is 0.625. The van der Waals surface area contributed by atoms with Crippen LogP contribution in [0.5, 0.6) is 0 Å². The molecule has 0 radical (unpaired) electrons. The van der Waals surface area contributed by atoms with Crippen LogP contribution in [0.3, 0.4) is 0 Å².